The Hall–Kier alpha value is -4.19. The molecule has 2 unspecified atom stereocenters. The molecule has 36 heavy (non-hydrogen) atoms. The molecule has 1 fully saturated rings. The van der Waals surface area contributed by atoms with Crippen molar-refractivity contribution in [2.75, 3.05) is 5.32 Å². The molecular weight excluding hydrogens is 496 g/mol. The third-order valence-electron chi connectivity index (χ3n) is 6.30. The summed E-state index contributed by atoms with van der Waals surface area (Å²) in [7, 11) is 0. The Morgan fingerprint density at radius 2 is 1.97 bits per heavy atom. The Kier molecular flexibility index (Phi) is 5.96. The standard InChI is InChI=1S/C23H18ClF2N7O3/c24-15-4-6-17(32-10-28-30-31-32)20(21(15)26)11-7-13-2-5-18(33(13)19(34)8-11)23(36)29-12-1-3-14(22(27)35)16(25)9-12/h1,3-4,6,8-10,13,18H,2,5,7H2,(H2,27,35)(H,29,36). The average molecular weight is 514 g/mol. The van der Waals surface area contributed by atoms with Crippen molar-refractivity contribution in [1.29, 1.82) is 0 Å². The minimum Gasteiger partial charge on any atom is -0.366 e. The van der Waals surface area contributed by atoms with Crippen LogP contribution in [0.5, 0.6) is 0 Å². The number of hydrogen-bond donors (Lipinski definition) is 2. The van der Waals surface area contributed by atoms with Gasteiger partial charge < -0.3 is 16.0 Å². The molecule has 2 aliphatic rings. The average Bonchev–Trinajstić information content (AvgIpc) is 3.51. The highest BCUT2D eigenvalue weighted by molar-refractivity contribution is 6.31. The SMILES string of the molecule is NC(=O)c1ccc(NC(=O)C2CCC3CC(c4c(-n5cnnn5)ccc(Cl)c4F)=CC(=O)N32)cc1F. The lowest BCUT2D eigenvalue weighted by molar-refractivity contribution is -0.135. The van der Waals surface area contributed by atoms with E-state index in [4.69, 9.17) is 17.3 Å². The fourth-order valence-corrected chi connectivity index (χ4v) is 4.87. The topological polar surface area (TPSA) is 136 Å². The van der Waals surface area contributed by atoms with Gasteiger partial charge in [0.1, 0.15) is 18.2 Å². The van der Waals surface area contributed by atoms with Gasteiger partial charge in [0.25, 0.3) is 5.91 Å². The number of carbonyl (C=O) groups is 3. The summed E-state index contributed by atoms with van der Waals surface area (Å²) in [6.45, 7) is 0. The molecule has 3 N–H and O–H groups in total. The number of amides is 3. The second kappa shape index (κ2) is 9.11. The lowest BCUT2D eigenvalue weighted by Gasteiger charge is -2.33. The first-order valence-corrected chi connectivity index (χ1v) is 11.3. The van der Waals surface area contributed by atoms with Crippen molar-refractivity contribution in [3.8, 4) is 5.69 Å². The predicted molar refractivity (Wildman–Crippen MR) is 124 cm³/mol. The maximum absolute atomic E-state index is 15.2. The second-order valence-corrected chi connectivity index (χ2v) is 8.83. The van der Waals surface area contributed by atoms with Gasteiger partial charge in [0.05, 0.1) is 16.3 Å². The molecule has 3 amide bonds. The van der Waals surface area contributed by atoms with Crippen molar-refractivity contribution in [2.24, 2.45) is 5.73 Å². The Labute approximate surface area is 207 Å². The summed E-state index contributed by atoms with van der Waals surface area (Å²) in [5, 5.41) is 13.4. The van der Waals surface area contributed by atoms with Crippen LogP contribution < -0.4 is 11.1 Å². The van der Waals surface area contributed by atoms with E-state index in [1.54, 1.807) is 6.07 Å². The van der Waals surface area contributed by atoms with E-state index in [-0.39, 0.29) is 34.3 Å². The van der Waals surface area contributed by atoms with Crippen LogP contribution in [0.15, 0.2) is 42.7 Å². The third-order valence-corrected chi connectivity index (χ3v) is 6.60. The Balaban J connectivity index is 1.41. The molecule has 2 atom stereocenters. The lowest BCUT2D eigenvalue weighted by Crippen LogP contribution is -2.48. The van der Waals surface area contributed by atoms with Crippen LogP contribution in [0.25, 0.3) is 11.3 Å². The second-order valence-electron chi connectivity index (χ2n) is 8.42. The van der Waals surface area contributed by atoms with Crippen LogP contribution in [0.1, 0.15) is 35.2 Å². The van der Waals surface area contributed by atoms with Crippen LogP contribution in [0.4, 0.5) is 14.5 Å². The largest absolute Gasteiger partial charge is 0.366 e. The van der Waals surface area contributed by atoms with E-state index in [0.717, 1.165) is 6.07 Å². The maximum Gasteiger partial charge on any atom is 0.251 e. The minimum absolute atomic E-state index is 0.112. The summed E-state index contributed by atoms with van der Waals surface area (Å²) in [4.78, 5) is 38.8. The van der Waals surface area contributed by atoms with E-state index < -0.39 is 35.4 Å². The fourth-order valence-electron chi connectivity index (χ4n) is 4.71. The molecule has 10 nitrogen and oxygen atoms in total. The summed E-state index contributed by atoms with van der Waals surface area (Å²) in [5.41, 5.74) is 5.78. The van der Waals surface area contributed by atoms with Crippen molar-refractivity contribution in [2.45, 2.75) is 31.3 Å². The molecule has 184 valence electrons. The molecule has 0 radical (unpaired) electrons. The molecule has 2 aliphatic heterocycles. The third kappa shape index (κ3) is 4.09. The molecule has 0 spiro atoms. The van der Waals surface area contributed by atoms with E-state index in [1.807, 2.05) is 0 Å². The van der Waals surface area contributed by atoms with Crippen molar-refractivity contribution in [1.82, 2.24) is 25.1 Å². The van der Waals surface area contributed by atoms with Gasteiger partial charge in [0.15, 0.2) is 5.82 Å². The number of rotatable bonds is 5. The highest BCUT2D eigenvalue weighted by Crippen LogP contribution is 2.40. The molecule has 3 aromatic rings. The quantitative estimate of drug-likeness (QED) is 0.538. The van der Waals surface area contributed by atoms with Gasteiger partial charge in [0, 0.05) is 23.4 Å². The minimum atomic E-state index is -0.926. The lowest BCUT2D eigenvalue weighted by atomic mass is 9.92. The number of nitrogens with two attached hydrogens (primary N) is 1. The van der Waals surface area contributed by atoms with Gasteiger partial charge in [-0.05, 0) is 65.6 Å². The number of nitrogens with one attached hydrogen (secondary N) is 1. The number of nitrogens with zero attached hydrogens (tertiary/aromatic N) is 5. The first kappa shape index (κ1) is 23.5. The highest BCUT2D eigenvalue weighted by Gasteiger charge is 2.43. The Morgan fingerprint density at radius 3 is 2.67 bits per heavy atom. The molecular formula is C23H18ClF2N7O3. The smallest absolute Gasteiger partial charge is 0.251 e. The maximum atomic E-state index is 15.2. The van der Waals surface area contributed by atoms with Crippen molar-refractivity contribution in [3.05, 3.63) is 70.5 Å². The van der Waals surface area contributed by atoms with Crippen LogP contribution in [0.2, 0.25) is 5.02 Å². The zero-order valence-corrected chi connectivity index (χ0v) is 19.2. The van der Waals surface area contributed by atoms with Gasteiger partial charge in [-0.1, -0.05) is 11.6 Å². The summed E-state index contributed by atoms with van der Waals surface area (Å²) >= 11 is 6.03. The molecule has 0 aliphatic carbocycles. The van der Waals surface area contributed by atoms with Crippen LogP contribution in [0, 0.1) is 11.6 Å². The summed E-state index contributed by atoms with van der Waals surface area (Å²) in [5.74, 6) is -3.46. The Bertz CT molecular complexity index is 1430. The number of primary amides is 1. The van der Waals surface area contributed by atoms with Crippen LogP contribution >= 0.6 is 11.6 Å². The zero-order valence-electron chi connectivity index (χ0n) is 18.5. The number of tetrazole rings is 1. The molecule has 3 heterocycles. The van der Waals surface area contributed by atoms with Gasteiger partial charge in [-0.3, -0.25) is 14.4 Å². The number of benzene rings is 2. The molecule has 0 bridgehead atoms. The predicted octanol–water partition coefficient (Wildman–Crippen LogP) is 2.48. The molecule has 1 aromatic heterocycles. The molecule has 0 saturated carbocycles. The summed E-state index contributed by atoms with van der Waals surface area (Å²) in [6, 6.07) is 5.29. The van der Waals surface area contributed by atoms with E-state index in [0.29, 0.717) is 24.1 Å². The van der Waals surface area contributed by atoms with Crippen molar-refractivity contribution >= 4 is 40.6 Å². The van der Waals surface area contributed by atoms with Crippen molar-refractivity contribution in [3.63, 3.8) is 0 Å². The number of aromatic nitrogens is 4. The monoisotopic (exact) mass is 513 g/mol. The molecule has 5 rings (SSSR count). The van der Waals surface area contributed by atoms with Gasteiger partial charge >= 0.3 is 0 Å². The van der Waals surface area contributed by atoms with Crippen LogP contribution in [-0.4, -0.2) is 54.9 Å². The molecule has 2 aromatic carbocycles. The van der Waals surface area contributed by atoms with Crippen molar-refractivity contribution < 1.29 is 23.2 Å². The first-order chi connectivity index (χ1) is 17.2. The summed E-state index contributed by atoms with van der Waals surface area (Å²) < 4.78 is 30.5. The number of fused-ring (bicyclic) bond motifs is 1. The van der Waals surface area contributed by atoms with E-state index in [2.05, 4.69) is 20.8 Å². The van der Waals surface area contributed by atoms with Gasteiger partial charge in [-0.25, -0.2) is 8.78 Å². The van der Waals surface area contributed by atoms with Gasteiger partial charge in [-0.2, -0.15) is 4.68 Å². The fraction of sp³-hybridized carbons (Fsp3) is 0.217. The number of anilines is 1. The van der Waals surface area contributed by atoms with Gasteiger partial charge in [-0.15, -0.1) is 5.10 Å². The number of carbonyl (C=O) groups excluding carboxylic acids is 3. The zero-order chi connectivity index (χ0) is 25.6. The van der Waals surface area contributed by atoms with E-state index in [9.17, 15) is 18.8 Å². The molecule has 1 saturated heterocycles. The highest BCUT2D eigenvalue weighted by atomic mass is 35.5. The van der Waals surface area contributed by atoms with Crippen LogP contribution in [-0.2, 0) is 9.59 Å². The number of halogens is 3. The summed E-state index contributed by atoms with van der Waals surface area (Å²) in [6.07, 6.45) is 3.73. The number of hydrogen-bond acceptors (Lipinski definition) is 6. The first-order valence-electron chi connectivity index (χ1n) is 10.9. The normalized spacial score (nSPS) is 19.1. The van der Waals surface area contributed by atoms with Crippen LogP contribution in [0.3, 0.4) is 0 Å². The van der Waals surface area contributed by atoms with Gasteiger partial charge in [0.2, 0.25) is 11.8 Å². The van der Waals surface area contributed by atoms with E-state index >= 15 is 4.39 Å². The Morgan fingerprint density at radius 1 is 1.17 bits per heavy atom. The molecule has 13 heteroatoms. The van der Waals surface area contributed by atoms with E-state index in [1.165, 1.54) is 40.2 Å².